The van der Waals surface area contributed by atoms with Crippen molar-refractivity contribution >= 4 is 34.0 Å². The van der Waals surface area contributed by atoms with Gasteiger partial charge in [-0.2, -0.15) is 0 Å². The number of allylic oxidation sites excluding steroid dienone is 3. The van der Waals surface area contributed by atoms with E-state index in [2.05, 4.69) is 163 Å². The van der Waals surface area contributed by atoms with Gasteiger partial charge >= 0.3 is 0 Å². The van der Waals surface area contributed by atoms with Gasteiger partial charge in [-0.05, 0) is 95.6 Å². The van der Waals surface area contributed by atoms with Crippen LogP contribution < -0.4 is 4.90 Å². The Morgan fingerprint density at radius 2 is 1.29 bits per heavy atom. The molecule has 2 heterocycles. The van der Waals surface area contributed by atoms with Crippen LogP contribution in [0, 0.1) is 13.8 Å². The number of anilines is 3. The number of nitrogens with zero attached hydrogens (tertiary/aromatic N) is 1. The second kappa shape index (κ2) is 11.1. The van der Waals surface area contributed by atoms with E-state index in [1.807, 2.05) is 0 Å². The predicted molar refractivity (Wildman–Crippen MR) is 179 cm³/mol. The number of para-hydroxylation sites is 3. The summed E-state index contributed by atoms with van der Waals surface area (Å²) in [6.07, 6.45) is 10.5. The maximum absolute atomic E-state index is 3.43. The van der Waals surface area contributed by atoms with Crippen LogP contribution in [0.1, 0.15) is 33.5 Å². The average molecular weight is 543 g/mol. The Labute approximate surface area is 248 Å². The SMILES string of the molecule is C1=CCc2c([nH]c3ccccc23)C=C1.Cc1ccccc1-c1ccc(N2c3ccccc3Cc3ccccc32)cc1C. The zero-order valence-corrected chi connectivity index (χ0v) is 24.1. The molecule has 0 spiro atoms. The molecule has 6 aromatic rings. The molecule has 0 bridgehead atoms. The average Bonchev–Trinajstić information content (AvgIpc) is 3.21. The first kappa shape index (κ1) is 25.9. The molecule has 2 heteroatoms. The first-order chi connectivity index (χ1) is 20.7. The highest BCUT2D eigenvalue weighted by atomic mass is 15.2. The van der Waals surface area contributed by atoms with E-state index < -0.39 is 0 Å². The van der Waals surface area contributed by atoms with Crippen LogP contribution in [0.3, 0.4) is 0 Å². The van der Waals surface area contributed by atoms with E-state index in [1.165, 1.54) is 72.6 Å². The van der Waals surface area contributed by atoms with Crippen molar-refractivity contribution in [2.45, 2.75) is 26.7 Å². The van der Waals surface area contributed by atoms with Crippen LogP contribution in [0.5, 0.6) is 0 Å². The number of aryl methyl sites for hydroxylation is 2. The molecule has 1 aliphatic carbocycles. The summed E-state index contributed by atoms with van der Waals surface area (Å²) in [5.74, 6) is 0. The summed E-state index contributed by atoms with van der Waals surface area (Å²) < 4.78 is 0. The Kier molecular flexibility index (Phi) is 6.81. The number of hydrogen-bond acceptors (Lipinski definition) is 1. The molecule has 0 fully saturated rings. The molecular weight excluding hydrogens is 508 g/mol. The zero-order valence-electron chi connectivity index (χ0n) is 24.1. The monoisotopic (exact) mass is 542 g/mol. The molecule has 0 radical (unpaired) electrons. The smallest absolute Gasteiger partial charge is 0.0497 e. The van der Waals surface area contributed by atoms with Crippen LogP contribution in [0.2, 0.25) is 0 Å². The molecule has 204 valence electrons. The highest BCUT2D eigenvalue weighted by molar-refractivity contribution is 5.88. The quantitative estimate of drug-likeness (QED) is 0.230. The molecule has 2 nitrogen and oxygen atoms in total. The lowest BCUT2D eigenvalue weighted by molar-refractivity contribution is 1.09. The van der Waals surface area contributed by atoms with Gasteiger partial charge in [-0.15, -0.1) is 0 Å². The predicted octanol–water partition coefficient (Wildman–Crippen LogP) is 10.6. The van der Waals surface area contributed by atoms with Gasteiger partial charge in [0.2, 0.25) is 0 Å². The van der Waals surface area contributed by atoms with Crippen molar-refractivity contribution < 1.29 is 0 Å². The van der Waals surface area contributed by atoms with Crippen molar-refractivity contribution in [3.05, 3.63) is 167 Å². The van der Waals surface area contributed by atoms with Crippen LogP contribution in [-0.2, 0) is 12.8 Å². The summed E-state index contributed by atoms with van der Waals surface area (Å²) in [7, 11) is 0. The highest BCUT2D eigenvalue weighted by Gasteiger charge is 2.23. The standard InChI is InChI=1S/C27H23N.C13H11N/c1-19-9-3-6-12-24(19)25-16-15-23(17-20(25)2)28-26-13-7-4-10-21(26)18-22-11-5-8-14-27(22)28;1-2-6-10-11-7-4-5-9-13(11)14-12(10)8-3-1/h3-17H,18H2,1-2H3;1-5,7-9,14H,6H2. The summed E-state index contributed by atoms with van der Waals surface area (Å²) >= 11 is 0. The van der Waals surface area contributed by atoms with E-state index in [0.29, 0.717) is 0 Å². The minimum atomic E-state index is 0.989. The Morgan fingerprint density at radius 3 is 2.05 bits per heavy atom. The third-order valence-corrected chi connectivity index (χ3v) is 8.43. The number of hydrogen-bond donors (Lipinski definition) is 1. The molecule has 1 aliphatic heterocycles. The molecule has 1 N–H and O–H groups in total. The molecule has 42 heavy (non-hydrogen) atoms. The van der Waals surface area contributed by atoms with E-state index in [1.54, 1.807) is 0 Å². The molecule has 1 aromatic heterocycles. The second-order valence-corrected chi connectivity index (χ2v) is 11.1. The van der Waals surface area contributed by atoms with E-state index in [4.69, 9.17) is 0 Å². The van der Waals surface area contributed by atoms with Gasteiger partial charge in [-0.25, -0.2) is 0 Å². The van der Waals surface area contributed by atoms with Crippen molar-refractivity contribution in [3.63, 3.8) is 0 Å². The van der Waals surface area contributed by atoms with Crippen molar-refractivity contribution in [1.29, 1.82) is 0 Å². The largest absolute Gasteiger partial charge is 0.355 e. The summed E-state index contributed by atoms with van der Waals surface area (Å²) in [6.45, 7) is 4.40. The van der Waals surface area contributed by atoms with Crippen LogP contribution in [0.4, 0.5) is 17.1 Å². The maximum Gasteiger partial charge on any atom is 0.0497 e. The first-order valence-electron chi connectivity index (χ1n) is 14.7. The second-order valence-electron chi connectivity index (χ2n) is 11.1. The fourth-order valence-electron chi connectivity index (χ4n) is 6.33. The normalized spacial score (nSPS) is 13.0. The molecule has 0 saturated heterocycles. The summed E-state index contributed by atoms with van der Waals surface area (Å²) in [4.78, 5) is 5.83. The van der Waals surface area contributed by atoms with Gasteiger partial charge in [0, 0.05) is 40.1 Å². The van der Waals surface area contributed by atoms with Crippen LogP contribution in [0.25, 0.3) is 28.1 Å². The summed E-state index contributed by atoms with van der Waals surface area (Å²) in [6, 6.07) is 41.4. The summed E-state index contributed by atoms with van der Waals surface area (Å²) in [5.41, 5.74) is 15.6. The molecule has 0 saturated carbocycles. The molecule has 8 rings (SSSR count). The van der Waals surface area contributed by atoms with Crippen molar-refractivity contribution in [3.8, 4) is 11.1 Å². The number of aromatic nitrogens is 1. The third-order valence-electron chi connectivity index (χ3n) is 8.43. The molecule has 2 aliphatic rings. The Hall–Kier alpha value is -5.08. The lowest BCUT2D eigenvalue weighted by atomic mass is 9.93. The van der Waals surface area contributed by atoms with Crippen molar-refractivity contribution in [1.82, 2.24) is 4.98 Å². The first-order valence-corrected chi connectivity index (χ1v) is 14.7. The van der Waals surface area contributed by atoms with Gasteiger partial charge in [0.25, 0.3) is 0 Å². The van der Waals surface area contributed by atoms with E-state index in [-0.39, 0.29) is 0 Å². The van der Waals surface area contributed by atoms with Crippen molar-refractivity contribution in [2.24, 2.45) is 0 Å². The molecule has 0 atom stereocenters. The lowest BCUT2D eigenvalue weighted by Crippen LogP contribution is -2.18. The van der Waals surface area contributed by atoms with Crippen LogP contribution >= 0.6 is 0 Å². The molecule has 0 amide bonds. The Balaban J connectivity index is 0.000000171. The number of aromatic amines is 1. The summed E-state index contributed by atoms with van der Waals surface area (Å²) in [5, 5.41) is 1.35. The highest BCUT2D eigenvalue weighted by Crippen LogP contribution is 2.44. The number of fused-ring (bicyclic) bond motifs is 5. The lowest BCUT2D eigenvalue weighted by Gasteiger charge is -2.33. The number of benzene rings is 5. The van der Waals surface area contributed by atoms with Gasteiger partial charge in [0.15, 0.2) is 0 Å². The molecular formula is C40H34N2. The minimum absolute atomic E-state index is 0.989. The van der Waals surface area contributed by atoms with Gasteiger partial charge in [0.1, 0.15) is 0 Å². The maximum atomic E-state index is 3.43. The van der Waals surface area contributed by atoms with Crippen molar-refractivity contribution in [2.75, 3.05) is 4.90 Å². The minimum Gasteiger partial charge on any atom is -0.355 e. The zero-order chi connectivity index (χ0) is 28.5. The Morgan fingerprint density at radius 1 is 0.619 bits per heavy atom. The number of rotatable bonds is 2. The van der Waals surface area contributed by atoms with Gasteiger partial charge < -0.3 is 9.88 Å². The van der Waals surface area contributed by atoms with Crippen LogP contribution in [0.15, 0.2) is 133 Å². The number of H-pyrrole nitrogens is 1. The van der Waals surface area contributed by atoms with Gasteiger partial charge in [-0.3, -0.25) is 0 Å². The fraction of sp³-hybridized carbons (Fsp3) is 0.100. The van der Waals surface area contributed by atoms with E-state index in [9.17, 15) is 0 Å². The third kappa shape index (κ3) is 4.76. The fourth-order valence-corrected chi connectivity index (χ4v) is 6.33. The topological polar surface area (TPSA) is 19.0 Å². The van der Waals surface area contributed by atoms with Gasteiger partial charge in [-0.1, -0.05) is 103 Å². The van der Waals surface area contributed by atoms with Gasteiger partial charge in [0.05, 0.1) is 0 Å². The van der Waals surface area contributed by atoms with E-state index in [0.717, 1.165) is 12.8 Å². The van der Waals surface area contributed by atoms with Crippen LogP contribution in [-0.4, -0.2) is 4.98 Å². The molecule has 0 unspecified atom stereocenters. The van der Waals surface area contributed by atoms with E-state index >= 15 is 0 Å². The Bertz CT molecular complexity index is 1920. The number of nitrogens with one attached hydrogen (secondary N) is 1. The molecule has 5 aromatic carbocycles.